The summed E-state index contributed by atoms with van der Waals surface area (Å²) >= 11 is 1.44. The lowest BCUT2D eigenvalue weighted by molar-refractivity contribution is -0.137. The summed E-state index contributed by atoms with van der Waals surface area (Å²) in [7, 11) is 3.44. The molecule has 132 valence electrons. The summed E-state index contributed by atoms with van der Waals surface area (Å²) in [5, 5.41) is 2.33. The minimum Gasteiger partial charge on any atom is -0.376 e. The Morgan fingerprint density at radius 2 is 1.92 bits per heavy atom. The van der Waals surface area contributed by atoms with Crippen LogP contribution in [0.4, 0.5) is 24.5 Å². The van der Waals surface area contributed by atoms with Crippen molar-refractivity contribution in [3.63, 3.8) is 0 Å². The quantitative estimate of drug-likeness (QED) is 0.872. The van der Waals surface area contributed by atoms with Gasteiger partial charge in [-0.05, 0) is 36.2 Å². The Bertz CT molecular complexity index is 780. The number of rotatable bonds is 3. The van der Waals surface area contributed by atoms with Crippen LogP contribution in [0.1, 0.15) is 11.1 Å². The van der Waals surface area contributed by atoms with Crippen molar-refractivity contribution in [2.45, 2.75) is 22.7 Å². The number of thioether (sulfide) groups is 1. The molecule has 1 N–H and O–H groups in total. The van der Waals surface area contributed by atoms with Crippen LogP contribution in [0.3, 0.4) is 0 Å². The number of carbonyl (C=O) groups is 1. The van der Waals surface area contributed by atoms with E-state index in [4.69, 9.17) is 0 Å². The van der Waals surface area contributed by atoms with Crippen LogP contribution >= 0.6 is 11.8 Å². The molecule has 0 aromatic heterocycles. The molecule has 2 aromatic carbocycles. The summed E-state index contributed by atoms with van der Waals surface area (Å²) < 4.78 is 39.0. The van der Waals surface area contributed by atoms with Crippen LogP contribution in [0.5, 0.6) is 0 Å². The predicted octanol–water partition coefficient (Wildman–Crippen LogP) is 4.43. The molecule has 7 heteroatoms. The number of nitrogens with one attached hydrogen (secondary N) is 1. The van der Waals surface area contributed by atoms with Crippen molar-refractivity contribution in [3.8, 4) is 0 Å². The topological polar surface area (TPSA) is 32.3 Å². The van der Waals surface area contributed by atoms with Crippen molar-refractivity contribution < 1.29 is 18.0 Å². The number of benzene rings is 2. The van der Waals surface area contributed by atoms with Gasteiger partial charge in [-0.1, -0.05) is 18.2 Å². The molecule has 0 aliphatic carbocycles. The maximum atomic E-state index is 13.0. The Morgan fingerprint density at radius 1 is 1.20 bits per heavy atom. The number of alkyl halides is 3. The summed E-state index contributed by atoms with van der Waals surface area (Å²) in [6.07, 6.45) is -3.88. The van der Waals surface area contributed by atoms with E-state index >= 15 is 0 Å². The molecular formula is C18H17F3N2OS. The van der Waals surface area contributed by atoms with Gasteiger partial charge in [0.05, 0.1) is 22.2 Å². The normalized spacial score (nSPS) is 16.4. The first-order valence-electron chi connectivity index (χ1n) is 7.69. The van der Waals surface area contributed by atoms with Crippen LogP contribution in [-0.2, 0) is 17.4 Å². The minimum absolute atomic E-state index is 0.168. The van der Waals surface area contributed by atoms with Crippen LogP contribution in [0.15, 0.2) is 47.4 Å². The summed E-state index contributed by atoms with van der Waals surface area (Å²) in [4.78, 5) is 15.3. The van der Waals surface area contributed by atoms with E-state index in [1.54, 1.807) is 19.0 Å². The first kappa shape index (κ1) is 17.7. The van der Waals surface area contributed by atoms with Gasteiger partial charge in [0.1, 0.15) is 0 Å². The summed E-state index contributed by atoms with van der Waals surface area (Å²) in [5.41, 5.74) is 1.00. The van der Waals surface area contributed by atoms with Crippen molar-refractivity contribution in [1.29, 1.82) is 0 Å². The van der Waals surface area contributed by atoms with Gasteiger partial charge in [0, 0.05) is 19.0 Å². The van der Waals surface area contributed by atoms with Gasteiger partial charge in [-0.15, -0.1) is 11.8 Å². The Kier molecular flexibility index (Phi) is 4.69. The predicted molar refractivity (Wildman–Crippen MR) is 94.2 cm³/mol. The van der Waals surface area contributed by atoms with E-state index in [-0.39, 0.29) is 16.8 Å². The molecular weight excluding hydrogens is 349 g/mol. The van der Waals surface area contributed by atoms with Gasteiger partial charge in [-0.25, -0.2) is 0 Å². The van der Waals surface area contributed by atoms with Crippen LogP contribution in [-0.4, -0.2) is 25.3 Å². The molecule has 3 nitrogen and oxygen atoms in total. The molecule has 1 heterocycles. The number of carbonyl (C=O) groups excluding carboxylic acids is 1. The zero-order valence-corrected chi connectivity index (χ0v) is 14.5. The third-order valence-corrected chi connectivity index (χ3v) is 5.32. The fourth-order valence-electron chi connectivity index (χ4n) is 2.74. The number of anilines is 2. The van der Waals surface area contributed by atoms with Gasteiger partial charge in [0.15, 0.2) is 0 Å². The molecule has 3 rings (SSSR count). The molecule has 0 spiro atoms. The summed E-state index contributed by atoms with van der Waals surface area (Å²) in [6.45, 7) is 0. The van der Waals surface area contributed by atoms with Gasteiger partial charge >= 0.3 is 6.18 Å². The Hall–Kier alpha value is -2.15. The highest BCUT2D eigenvalue weighted by Gasteiger charge is 2.32. The third-order valence-electron chi connectivity index (χ3n) is 4.00. The van der Waals surface area contributed by atoms with Gasteiger partial charge in [-0.2, -0.15) is 13.2 Å². The average Bonchev–Trinajstić information content (AvgIpc) is 2.98. The van der Waals surface area contributed by atoms with Crippen LogP contribution < -0.4 is 10.2 Å². The van der Waals surface area contributed by atoms with E-state index in [2.05, 4.69) is 5.32 Å². The molecule has 1 aliphatic heterocycles. The number of amides is 1. The number of nitrogens with zero attached hydrogens (tertiary/aromatic N) is 1. The van der Waals surface area contributed by atoms with Gasteiger partial charge in [-0.3, -0.25) is 4.79 Å². The number of hydrogen-bond acceptors (Lipinski definition) is 3. The second-order valence-electron chi connectivity index (χ2n) is 6.03. The lowest BCUT2D eigenvalue weighted by atomic mass is 10.1. The highest BCUT2D eigenvalue weighted by atomic mass is 32.2. The van der Waals surface area contributed by atoms with Gasteiger partial charge < -0.3 is 10.2 Å². The van der Waals surface area contributed by atoms with E-state index < -0.39 is 11.7 Å². The standard InChI is InChI=1S/C18H17F3N2OS/c1-23(2)14-8-7-12(18(19,20)21)10-13(14)22-17(24)16-9-11-5-3-4-6-15(11)25-16/h3-8,10,16H,9H2,1-2H3,(H,22,24)/t16-/m0/s1. The summed E-state index contributed by atoms with van der Waals surface area (Å²) in [6, 6.07) is 11.1. The second-order valence-corrected chi connectivity index (χ2v) is 7.28. The third kappa shape index (κ3) is 3.76. The van der Waals surface area contributed by atoms with Crippen molar-refractivity contribution in [1.82, 2.24) is 0 Å². The molecule has 0 bridgehead atoms. The number of fused-ring (bicyclic) bond motifs is 1. The van der Waals surface area contributed by atoms with Crippen LogP contribution in [0.25, 0.3) is 0 Å². The molecule has 25 heavy (non-hydrogen) atoms. The zero-order chi connectivity index (χ0) is 18.2. The van der Waals surface area contributed by atoms with Crippen molar-refractivity contribution in [2.24, 2.45) is 0 Å². The Balaban J connectivity index is 1.83. The SMILES string of the molecule is CN(C)c1ccc(C(F)(F)F)cc1NC(=O)[C@@H]1Cc2ccccc2S1. The number of hydrogen-bond donors (Lipinski definition) is 1. The molecule has 0 unspecified atom stereocenters. The molecule has 1 aliphatic rings. The van der Waals surface area contributed by atoms with E-state index in [1.165, 1.54) is 17.8 Å². The van der Waals surface area contributed by atoms with Gasteiger partial charge in [0.25, 0.3) is 0 Å². The molecule has 0 radical (unpaired) electrons. The fourth-order valence-corrected chi connectivity index (χ4v) is 3.94. The second kappa shape index (κ2) is 6.63. The molecule has 1 amide bonds. The molecule has 0 fully saturated rings. The largest absolute Gasteiger partial charge is 0.416 e. The van der Waals surface area contributed by atoms with E-state index in [1.807, 2.05) is 24.3 Å². The first-order valence-corrected chi connectivity index (χ1v) is 8.57. The van der Waals surface area contributed by atoms with E-state index in [0.29, 0.717) is 12.1 Å². The minimum atomic E-state index is -4.46. The zero-order valence-electron chi connectivity index (χ0n) is 13.7. The first-order chi connectivity index (χ1) is 11.8. The lowest BCUT2D eigenvalue weighted by Crippen LogP contribution is -2.26. The lowest BCUT2D eigenvalue weighted by Gasteiger charge is -2.20. The monoisotopic (exact) mass is 366 g/mol. The molecule has 0 saturated heterocycles. The Labute approximate surface area is 148 Å². The maximum Gasteiger partial charge on any atom is 0.416 e. The molecule has 0 saturated carbocycles. The Morgan fingerprint density at radius 3 is 2.56 bits per heavy atom. The molecule has 2 aromatic rings. The van der Waals surface area contributed by atoms with E-state index in [9.17, 15) is 18.0 Å². The highest BCUT2D eigenvalue weighted by Crippen LogP contribution is 2.39. The van der Waals surface area contributed by atoms with Gasteiger partial charge in [0.2, 0.25) is 5.91 Å². The van der Waals surface area contributed by atoms with Crippen molar-refractivity contribution in [2.75, 3.05) is 24.3 Å². The van der Waals surface area contributed by atoms with Crippen LogP contribution in [0, 0.1) is 0 Å². The highest BCUT2D eigenvalue weighted by molar-refractivity contribution is 8.01. The summed E-state index contributed by atoms with van der Waals surface area (Å²) in [5.74, 6) is -0.288. The van der Waals surface area contributed by atoms with E-state index in [0.717, 1.165) is 22.6 Å². The van der Waals surface area contributed by atoms with Crippen LogP contribution in [0.2, 0.25) is 0 Å². The smallest absolute Gasteiger partial charge is 0.376 e. The number of halogens is 3. The average molecular weight is 366 g/mol. The molecule has 1 atom stereocenters. The van der Waals surface area contributed by atoms with Crippen molar-refractivity contribution >= 4 is 29.0 Å². The maximum absolute atomic E-state index is 13.0. The fraction of sp³-hybridized carbons (Fsp3) is 0.278. The van der Waals surface area contributed by atoms with Crippen molar-refractivity contribution in [3.05, 3.63) is 53.6 Å².